The Morgan fingerprint density at radius 3 is 2.48 bits per heavy atom. The fourth-order valence-corrected chi connectivity index (χ4v) is 3.79. The van der Waals surface area contributed by atoms with Gasteiger partial charge in [-0.25, -0.2) is 9.18 Å². The Morgan fingerprint density at radius 2 is 1.81 bits per heavy atom. The van der Waals surface area contributed by atoms with Crippen LogP contribution in [0.5, 0.6) is 0 Å². The number of para-hydroxylation sites is 1. The minimum atomic E-state index is -0.226. The number of amides is 2. The number of halogens is 1. The van der Waals surface area contributed by atoms with Gasteiger partial charge in [-0.1, -0.05) is 12.1 Å². The first-order chi connectivity index (χ1) is 13.0. The number of hydrogen-bond donors (Lipinski definition) is 2. The van der Waals surface area contributed by atoms with E-state index in [0.717, 1.165) is 45.6 Å². The van der Waals surface area contributed by atoms with Crippen molar-refractivity contribution in [1.82, 2.24) is 20.0 Å². The molecule has 0 aromatic heterocycles. The van der Waals surface area contributed by atoms with Crippen molar-refractivity contribution < 1.29 is 9.18 Å². The maximum Gasteiger partial charge on any atom is 0.317 e. The van der Waals surface area contributed by atoms with Crippen LogP contribution in [0.3, 0.4) is 0 Å². The number of carbonyl (C=O) groups is 1. The lowest BCUT2D eigenvalue weighted by Gasteiger charge is -2.36. The van der Waals surface area contributed by atoms with E-state index in [0.29, 0.717) is 18.8 Å². The molecule has 0 radical (unpaired) electrons. The Labute approximate surface area is 161 Å². The molecule has 2 fully saturated rings. The van der Waals surface area contributed by atoms with E-state index in [1.807, 2.05) is 11.0 Å². The van der Waals surface area contributed by atoms with Crippen LogP contribution >= 0.6 is 0 Å². The van der Waals surface area contributed by atoms with Gasteiger partial charge in [-0.3, -0.25) is 4.90 Å². The van der Waals surface area contributed by atoms with Gasteiger partial charge in [0.05, 0.1) is 5.69 Å². The first-order valence-electron chi connectivity index (χ1n) is 9.98. The normalized spacial score (nSPS) is 21.1. The fraction of sp³-hybridized carbons (Fsp3) is 0.650. The zero-order chi connectivity index (χ0) is 19.2. The van der Waals surface area contributed by atoms with Crippen LogP contribution in [0.15, 0.2) is 24.3 Å². The van der Waals surface area contributed by atoms with E-state index in [4.69, 9.17) is 0 Å². The van der Waals surface area contributed by atoms with E-state index in [1.165, 1.54) is 6.07 Å². The Hall–Kier alpha value is -1.86. The highest BCUT2D eigenvalue weighted by Crippen LogP contribution is 2.19. The van der Waals surface area contributed by atoms with Crippen LogP contribution in [0.25, 0.3) is 0 Å². The van der Waals surface area contributed by atoms with Crippen molar-refractivity contribution in [2.45, 2.75) is 31.8 Å². The standard InChI is InChI=1S/C20H32FN5O/c1-16(15-25-13-11-24(2)12-14-25)22-20(27)26-9-7-17(8-10-26)23-19-6-4-3-5-18(19)21/h3-6,16-17,23H,7-15H2,1-2H3,(H,22,27)/t16-/m0/s1. The SMILES string of the molecule is C[C@@H](CN1CCN(C)CC1)NC(=O)N1CCC(Nc2ccccc2F)CC1. The number of hydrogen-bond acceptors (Lipinski definition) is 4. The summed E-state index contributed by atoms with van der Waals surface area (Å²) in [4.78, 5) is 19.1. The van der Waals surface area contributed by atoms with Crippen molar-refractivity contribution in [3.05, 3.63) is 30.1 Å². The molecular formula is C20H32FN5O. The number of nitrogens with one attached hydrogen (secondary N) is 2. The maximum atomic E-state index is 13.8. The highest BCUT2D eigenvalue weighted by atomic mass is 19.1. The predicted molar refractivity (Wildman–Crippen MR) is 107 cm³/mol. The molecule has 7 heteroatoms. The molecule has 2 aliphatic rings. The van der Waals surface area contributed by atoms with Crippen LogP contribution in [-0.2, 0) is 0 Å². The molecule has 3 rings (SSSR count). The van der Waals surface area contributed by atoms with Crippen molar-refractivity contribution in [2.24, 2.45) is 0 Å². The Bertz CT molecular complexity index is 612. The van der Waals surface area contributed by atoms with Crippen LogP contribution in [0.4, 0.5) is 14.9 Å². The first kappa shape index (κ1) is 19.9. The topological polar surface area (TPSA) is 50.9 Å². The summed E-state index contributed by atoms with van der Waals surface area (Å²) in [5, 5.41) is 6.40. The minimum absolute atomic E-state index is 0.0148. The number of anilines is 1. The molecule has 0 bridgehead atoms. The van der Waals surface area contributed by atoms with E-state index in [2.05, 4.69) is 34.4 Å². The first-order valence-corrected chi connectivity index (χ1v) is 9.98. The molecule has 0 unspecified atom stereocenters. The summed E-state index contributed by atoms with van der Waals surface area (Å²) in [6, 6.07) is 7.10. The van der Waals surface area contributed by atoms with E-state index in [9.17, 15) is 9.18 Å². The lowest BCUT2D eigenvalue weighted by Crippen LogP contribution is -2.53. The van der Waals surface area contributed by atoms with Gasteiger partial charge < -0.3 is 20.4 Å². The highest BCUT2D eigenvalue weighted by molar-refractivity contribution is 5.74. The Morgan fingerprint density at radius 1 is 1.15 bits per heavy atom. The van der Waals surface area contributed by atoms with Crippen LogP contribution in [0.1, 0.15) is 19.8 Å². The summed E-state index contributed by atoms with van der Waals surface area (Å²) >= 11 is 0. The highest BCUT2D eigenvalue weighted by Gasteiger charge is 2.24. The molecule has 1 aromatic carbocycles. The number of piperidine rings is 1. The summed E-state index contributed by atoms with van der Waals surface area (Å²) in [7, 11) is 2.15. The van der Waals surface area contributed by atoms with Gasteiger partial charge in [0.1, 0.15) is 5.82 Å². The third kappa shape index (κ3) is 5.81. The van der Waals surface area contributed by atoms with Gasteiger partial charge in [-0.05, 0) is 38.9 Å². The van der Waals surface area contributed by atoms with Crippen LogP contribution in [0.2, 0.25) is 0 Å². The summed E-state index contributed by atoms with van der Waals surface area (Å²) in [5.74, 6) is -0.226. The van der Waals surface area contributed by atoms with Crippen molar-refractivity contribution in [2.75, 3.05) is 58.2 Å². The molecule has 2 N–H and O–H groups in total. The predicted octanol–water partition coefficient (Wildman–Crippen LogP) is 2.05. The molecular weight excluding hydrogens is 345 g/mol. The van der Waals surface area contributed by atoms with Gasteiger partial charge in [-0.15, -0.1) is 0 Å². The van der Waals surface area contributed by atoms with Gasteiger partial charge in [-0.2, -0.15) is 0 Å². The number of likely N-dealkylation sites (N-methyl/N-ethyl adjacent to an activating group) is 1. The average molecular weight is 378 g/mol. The molecule has 6 nitrogen and oxygen atoms in total. The average Bonchev–Trinajstić information content (AvgIpc) is 2.66. The molecule has 1 atom stereocenters. The quantitative estimate of drug-likeness (QED) is 0.825. The maximum absolute atomic E-state index is 13.8. The number of carbonyl (C=O) groups excluding carboxylic acids is 1. The van der Waals surface area contributed by atoms with Crippen molar-refractivity contribution in [3.63, 3.8) is 0 Å². The molecule has 0 spiro atoms. The number of piperazine rings is 1. The Balaban J connectivity index is 1.38. The summed E-state index contributed by atoms with van der Waals surface area (Å²) in [6.45, 7) is 8.64. The van der Waals surface area contributed by atoms with Crippen LogP contribution < -0.4 is 10.6 Å². The summed E-state index contributed by atoms with van der Waals surface area (Å²) < 4.78 is 13.8. The van der Waals surface area contributed by atoms with E-state index in [1.54, 1.807) is 12.1 Å². The second kappa shape index (κ2) is 9.37. The van der Waals surface area contributed by atoms with E-state index >= 15 is 0 Å². The number of urea groups is 1. The van der Waals surface area contributed by atoms with Gasteiger partial charge >= 0.3 is 6.03 Å². The van der Waals surface area contributed by atoms with Gasteiger partial charge in [0, 0.05) is 57.9 Å². The third-order valence-corrected chi connectivity index (χ3v) is 5.51. The van der Waals surface area contributed by atoms with Crippen molar-refractivity contribution in [3.8, 4) is 0 Å². The largest absolute Gasteiger partial charge is 0.380 e. The second-order valence-electron chi connectivity index (χ2n) is 7.84. The van der Waals surface area contributed by atoms with E-state index < -0.39 is 0 Å². The molecule has 2 saturated heterocycles. The van der Waals surface area contributed by atoms with Crippen LogP contribution in [-0.4, -0.2) is 85.7 Å². The number of nitrogens with zero attached hydrogens (tertiary/aromatic N) is 3. The molecule has 150 valence electrons. The number of likely N-dealkylation sites (tertiary alicyclic amines) is 1. The molecule has 2 heterocycles. The second-order valence-corrected chi connectivity index (χ2v) is 7.84. The lowest BCUT2D eigenvalue weighted by atomic mass is 10.0. The smallest absolute Gasteiger partial charge is 0.317 e. The fourth-order valence-electron chi connectivity index (χ4n) is 3.79. The third-order valence-electron chi connectivity index (χ3n) is 5.51. The van der Waals surface area contributed by atoms with Crippen molar-refractivity contribution >= 4 is 11.7 Å². The molecule has 1 aromatic rings. The molecule has 0 aliphatic carbocycles. The number of benzene rings is 1. The molecule has 0 saturated carbocycles. The van der Waals surface area contributed by atoms with Crippen molar-refractivity contribution in [1.29, 1.82) is 0 Å². The zero-order valence-electron chi connectivity index (χ0n) is 16.5. The summed E-state index contributed by atoms with van der Waals surface area (Å²) in [5.41, 5.74) is 0.543. The number of rotatable bonds is 5. The lowest BCUT2D eigenvalue weighted by molar-refractivity contribution is 0.140. The Kier molecular flexibility index (Phi) is 6.90. The van der Waals surface area contributed by atoms with Gasteiger partial charge in [0.25, 0.3) is 0 Å². The van der Waals surface area contributed by atoms with Crippen LogP contribution in [0, 0.1) is 5.82 Å². The zero-order valence-corrected chi connectivity index (χ0v) is 16.5. The summed E-state index contributed by atoms with van der Waals surface area (Å²) in [6.07, 6.45) is 1.66. The van der Waals surface area contributed by atoms with E-state index in [-0.39, 0.29) is 23.9 Å². The monoisotopic (exact) mass is 377 g/mol. The minimum Gasteiger partial charge on any atom is -0.380 e. The van der Waals surface area contributed by atoms with Gasteiger partial charge in [0.15, 0.2) is 0 Å². The van der Waals surface area contributed by atoms with Gasteiger partial charge in [0.2, 0.25) is 0 Å². The molecule has 2 amide bonds. The molecule has 2 aliphatic heterocycles. The molecule has 27 heavy (non-hydrogen) atoms.